The summed E-state index contributed by atoms with van der Waals surface area (Å²) in [5.41, 5.74) is 12.3. The summed E-state index contributed by atoms with van der Waals surface area (Å²) < 4.78 is 40.6. The van der Waals surface area contributed by atoms with E-state index in [0.717, 1.165) is 10.5 Å². The molecule has 0 bridgehead atoms. The number of benzene rings is 2. The van der Waals surface area contributed by atoms with E-state index in [2.05, 4.69) is 0 Å². The molecule has 2 saturated heterocycles. The summed E-state index contributed by atoms with van der Waals surface area (Å²) in [6.45, 7) is 4.66. The second kappa shape index (κ2) is 13.7. The predicted molar refractivity (Wildman–Crippen MR) is 156 cm³/mol. The zero-order chi connectivity index (χ0) is 30.5. The van der Waals surface area contributed by atoms with Crippen LogP contribution in [0.3, 0.4) is 0 Å². The maximum Gasteiger partial charge on any atom is 0.243 e. The van der Waals surface area contributed by atoms with Crippen molar-refractivity contribution in [2.75, 3.05) is 38.6 Å². The molecule has 12 heteroatoms. The Morgan fingerprint density at radius 2 is 1.83 bits per heavy atom. The van der Waals surface area contributed by atoms with Gasteiger partial charge in [0.2, 0.25) is 10.0 Å². The molecule has 2 aromatic rings. The normalized spacial score (nSPS) is 22.2. The Hall–Kier alpha value is -2.74. The Kier molecular flexibility index (Phi) is 10.5. The van der Waals surface area contributed by atoms with Crippen LogP contribution in [0.2, 0.25) is 0 Å². The summed E-state index contributed by atoms with van der Waals surface area (Å²) in [6, 6.07) is 13.5. The third-order valence-corrected chi connectivity index (χ3v) is 10.1. The molecule has 0 saturated carbocycles. The number of hydrogen-bond donors (Lipinski definition) is 3. The van der Waals surface area contributed by atoms with E-state index in [0.29, 0.717) is 38.1 Å². The summed E-state index contributed by atoms with van der Waals surface area (Å²) in [7, 11) is -4.10. The number of nitrogens with two attached hydrogens (primary N) is 2. The first-order valence-corrected chi connectivity index (χ1v) is 15.9. The highest BCUT2D eigenvalue weighted by Gasteiger charge is 2.47. The fraction of sp³-hybridized carbons (Fsp3) is 0.567. The Morgan fingerprint density at radius 1 is 1.14 bits per heavy atom. The van der Waals surface area contributed by atoms with Gasteiger partial charge in [-0.25, -0.2) is 8.42 Å². The lowest BCUT2D eigenvalue weighted by molar-refractivity contribution is -0.273. The molecule has 0 unspecified atom stereocenters. The molecule has 2 fully saturated rings. The van der Waals surface area contributed by atoms with Gasteiger partial charge in [-0.15, -0.1) is 0 Å². The fourth-order valence-corrected chi connectivity index (χ4v) is 7.67. The van der Waals surface area contributed by atoms with Gasteiger partial charge in [0.25, 0.3) is 0 Å². The van der Waals surface area contributed by atoms with E-state index in [1.165, 1.54) is 28.6 Å². The molecule has 5 N–H and O–H groups in total. The molecule has 0 radical (unpaired) electrons. The lowest BCUT2D eigenvalue weighted by Crippen LogP contribution is -2.61. The zero-order valence-electron chi connectivity index (χ0n) is 24.3. The number of carbonyl (C=O) groups excluding carboxylic acids is 1. The quantitative estimate of drug-likeness (QED) is 0.270. The molecule has 2 heterocycles. The van der Waals surface area contributed by atoms with Gasteiger partial charge in [0.05, 0.1) is 36.3 Å². The van der Waals surface area contributed by atoms with Crippen LogP contribution in [-0.4, -0.2) is 86.1 Å². The van der Waals surface area contributed by atoms with Crippen LogP contribution >= 0.6 is 0 Å². The average Bonchev–Trinajstić information content (AvgIpc) is 3.57. The van der Waals surface area contributed by atoms with Crippen molar-refractivity contribution in [3.05, 3.63) is 60.2 Å². The number of ether oxygens (including phenoxy) is 2. The monoisotopic (exact) mass is 603 g/mol. The second-order valence-electron chi connectivity index (χ2n) is 12.0. The Balaban J connectivity index is 1.70. The second-order valence-corrected chi connectivity index (χ2v) is 14.0. The minimum absolute atomic E-state index is 0.0324. The highest BCUT2D eigenvalue weighted by molar-refractivity contribution is 7.89. The van der Waals surface area contributed by atoms with Crippen molar-refractivity contribution in [3.63, 3.8) is 0 Å². The Labute approximate surface area is 248 Å². The Bertz CT molecular complexity index is 1280. The first kappa shape index (κ1) is 32.2. The number of anilines is 1. The number of rotatable bonds is 14. The molecule has 0 aliphatic carbocycles. The molecule has 2 aliphatic rings. The van der Waals surface area contributed by atoms with Gasteiger partial charge in [0.15, 0.2) is 6.29 Å². The number of carboxylic acid groups (broad SMARTS) is 1. The van der Waals surface area contributed by atoms with E-state index >= 15 is 0 Å². The van der Waals surface area contributed by atoms with Gasteiger partial charge in [-0.2, -0.15) is 4.31 Å². The van der Waals surface area contributed by atoms with Gasteiger partial charge in [0.1, 0.15) is 6.09 Å². The van der Waals surface area contributed by atoms with Gasteiger partial charge in [-0.05, 0) is 67.5 Å². The lowest BCUT2D eigenvalue weighted by atomic mass is 9.87. The van der Waals surface area contributed by atoms with Crippen LogP contribution in [0.5, 0.6) is 0 Å². The number of hydrogen-bond acceptors (Lipinski definition) is 9. The van der Waals surface area contributed by atoms with Crippen molar-refractivity contribution in [3.8, 4) is 0 Å². The molecule has 42 heavy (non-hydrogen) atoms. The number of carbonyl (C=O) groups is 1. The lowest BCUT2D eigenvalue weighted by Gasteiger charge is -2.43. The zero-order valence-corrected chi connectivity index (χ0v) is 25.1. The first-order valence-electron chi connectivity index (χ1n) is 14.4. The molecular formula is C30H43N4O7S-. The molecule has 232 valence electrons. The van der Waals surface area contributed by atoms with Gasteiger partial charge >= 0.3 is 0 Å². The van der Waals surface area contributed by atoms with Gasteiger partial charge in [-0.1, -0.05) is 44.2 Å². The van der Waals surface area contributed by atoms with E-state index in [-0.39, 0.29) is 36.9 Å². The number of amides is 1. The van der Waals surface area contributed by atoms with Crippen molar-refractivity contribution >= 4 is 21.8 Å². The topological polar surface area (TPSA) is 171 Å². The van der Waals surface area contributed by atoms with Crippen LogP contribution in [0.4, 0.5) is 10.5 Å². The molecule has 4 rings (SSSR count). The van der Waals surface area contributed by atoms with E-state index in [1.54, 1.807) is 0 Å². The predicted octanol–water partition coefficient (Wildman–Crippen LogP) is 1.40. The van der Waals surface area contributed by atoms with Crippen LogP contribution in [0.15, 0.2) is 59.5 Å². The summed E-state index contributed by atoms with van der Waals surface area (Å²) in [5.74, 6) is -0.210. The van der Waals surface area contributed by atoms with Crippen LogP contribution in [0.1, 0.15) is 38.7 Å². The first-order chi connectivity index (χ1) is 19.9. The highest BCUT2D eigenvalue weighted by atomic mass is 32.2. The van der Waals surface area contributed by atoms with E-state index < -0.39 is 46.0 Å². The number of sulfonamides is 1. The van der Waals surface area contributed by atoms with Crippen molar-refractivity contribution in [2.45, 2.75) is 68.9 Å². The molecule has 5 atom stereocenters. The van der Waals surface area contributed by atoms with E-state index in [4.69, 9.17) is 20.9 Å². The molecular weight excluding hydrogens is 560 g/mol. The standard InChI is InChI=1S/C30H44N4O7S/c1-30(2,14-6-15-31)20-33(42(38,39)23-11-9-22(32)10-12-23)18-27(35)25(17-21-7-4-3-5-8-21)34(29(36)37)26-19-41-28-24(26)13-16-40-28/h3-5,7-12,24-28,35H,6,13-20,31-32H2,1-2H3,(H,36,37)/p-1/t24-,25-,26-,27+,28+/m0/s1. The van der Waals surface area contributed by atoms with Crippen molar-refractivity contribution < 1.29 is 32.9 Å². The Morgan fingerprint density at radius 3 is 2.48 bits per heavy atom. The van der Waals surface area contributed by atoms with E-state index in [1.807, 2.05) is 44.2 Å². The number of aliphatic hydroxyl groups is 1. The number of fused-ring (bicyclic) bond motifs is 1. The molecule has 0 spiro atoms. The molecule has 2 aromatic carbocycles. The summed E-state index contributed by atoms with van der Waals surface area (Å²) in [4.78, 5) is 13.9. The summed E-state index contributed by atoms with van der Waals surface area (Å²) in [5, 5.41) is 24.6. The van der Waals surface area contributed by atoms with Crippen LogP contribution in [0, 0.1) is 11.3 Å². The SMILES string of the molecule is CC(C)(CCCN)CN(C[C@@H](O)[C@H](Cc1ccccc1)N(C(=O)[O-])[C@H]1CO[C@H]2OCC[C@H]21)S(=O)(=O)c1ccc(N)cc1. The van der Waals surface area contributed by atoms with Crippen LogP contribution in [-0.2, 0) is 25.9 Å². The third kappa shape index (κ3) is 7.61. The fourth-order valence-electron chi connectivity index (χ4n) is 6.03. The van der Waals surface area contributed by atoms with E-state index in [9.17, 15) is 23.4 Å². The van der Waals surface area contributed by atoms with Crippen LogP contribution in [0.25, 0.3) is 0 Å². The summed E-state index contributed by atoms with van der Waals surface area (Å²) in [6.07, 6.45) is -1.24. The van der Waals surface area contributed by atoms with Gasteiger partial charge < -0.3 is 40.8 Å². The molecule has 2 aliphatic heterocycles. The third-order valence-electron chi connectivity index (χ3n) is 8.24. The van der Waals surface area contributed by atoms with Crippen molar-refractivity contribution in [1.82, 2.24) is 9.21 Å². The average molecular weight is 604 g/mol. The van der Waals surface area contributed by atoms with Crippen LogP contribution < -0.4 is 16.6 Å². The summed E-state index contributed by atoms with van der Waals surface area (Å²) >= 11 is 0. The maximum absolute atomic E-state index is 14.0. The van der Waals surface area contributed by atoms with Crippen molar-refractivity contribution in [1.29, 1.82) is 0 Å². The largest absolute Gasteiger partial charge is 0.530 e. The van der Waals surface area contributed by atoms with Gasteiger partial charge in [-0.3, -0.25) is 0 Å². The number of nitrogen functional groups attached to an aromatic ring is 1. The molecule has 1 amide bonds. The van der Waals surface area contributed by atoms with Crippen molar-refractivity contribution in [2.24, 2.45) is 17.1 Å². The minimum Gasteiger partial charge on any atom is -0.530 e. The number of nitrogens with zero attached hydrogens (tertiary/aromatic N) is 2. The smallest absolute Gasteiger partial charge is 0.243 e. The maximum atomic E-state index is 14.0. The minimum atomic E-state index is -4.10. The molecule has 11 nitrogen and oxygen atoms in total. The highest BCUT2D eigenvalue weighted by Crippen LogP contribution is 2.36. The van der Waals surface area contributed by atoms with Gasteiger partial charge in [0, 0.05) is 24.7 Å². The number of aliphatic hydroxyl groups excluding tert-OH is 1. The molecule has 0 aromatic heterocycles.